The van der Waals surface area contributed by atoms with Crippen molar-refractivity contribution in [3.63, 3.8) is 0 Å². The summed E-state index contributed by atoms with van der Waals surface area (Å²) in [7, 11) is 1.89. The first-order chi connectivity index (χ1) is 3.72. The van der Waals surface area contributed by atoms with Crippen LogP contribution in [0.2, 0.25) is 0 Å². The van der Waals surface area contributed by atoms with Gasteiger partial charge in [-0.1, -0.05) is 13.2 Å². The van der Waals surface area contributed by atoms with Gasteiger partial charge in [-0.25, -0.2) is 0 Å². The first-order valence-corrected chi connectivity index (χ1v) is 2.35. The van der Waals surface area contributed by atoms with Gasteiger partial charge in [0.1, 0.15) is 11.6 Å². The van der Waals surface area contributed by atoms with Gasteiger partial charge in [-0.05, 0) is 0 Å². The third-order valence-corrected chi connectivity index (χ3v) is 1.16. The van der Waals surface area contributed by atoms with E-state index in [2.05, 4.69) is 24.0 Å². The van der Waals surface area contributed by atoms with Crippen LogP contribution < -0.4 is 10.9 Å². The van der Waals surface area contributed by atoms with Crippen molar-refractivity contribution < 1.29 is 0 Å². The van der Waals surface area contributed by atoms with Crippen molar-refractivity contribution >= 4 is 7.98 Å². The van der Waals surface area contributed by atoms with Gasteiger partial charge in [-0.3, -0.25) is 10.9 Å². The van der Waals surface area contributed by atoms with Crippen molar-refractivity contribution in [2.45, 2.75) is 0 Å². The van der Waals surface area contributed by atoms with E-state index >= 15 is 0 Å². The molecule has 0 radical (unpaired) electrons. The van der Waals surface area contributed by atoms with Crippen LogP contribution in [0.1, 0.15) is 0 Å². The lowest BCUT2D eigenvalue weighted by molar-refractivity contribution is 0.730. The molecule has 1 aliphatic rings. The maximum absolute atomic E-state index is 3.68. The second-order valence-electron chi connectivity index (χ2n) is 1.70. The van der Waals surface area contributed by atoms with Crippen molar-refractivity contribution in [3.8, 4) is 0 Å². The molecule has 0 aromatic carbocycles. The Balaban J connectivity index is 2.70. The molecular formula is C4H8BN3. The van der Waals surface area contributed by atoms with E-state index in [0.717, 1.165) is 11.6 Å². The van der Waals surface area contributed by atoms with Crippen LogP contribution in [0, 0.1) is 0 Å². The van der Waals surface area contributed by atoms with Gasteiger partial charge in [0, 0.05) is 0 Å². The second-order valence-corrected chi connectivity index (χ2v) is 1.70. The molecule has 1 saturated heterocycles. The minimum absolute atomic E-state index is 0.829. The number of nitrogens with one attached hydrogen (secondary N) is 2. The Kier molecular flexibility index (Phi) is 0.935. The van der Waals surface area contributed by atoms with Crippen molar-refractivity contribution in [2.24, 2.45) is 0 Å². The van der Waals surface area contributed by atoms with Gasteiger partial charge in [0.25, 0.3) is 0 Å². The van der Waals surface area contributed by atoms with Crippen molar-refractivity contribution in [3.05, 3.63) is 24.8 Å². The van der Waals surface area contributed by atoms with Crippen LogP contribution in [0.15, 0.2) is 24.8 Å². The van der Waals surface area contributed by atoms with Crippen LogP contribution in [0.3, 0.4) is 0 Å². The zero-order chi connectivity index (χ0) is 6.15. The molecular weight excluding hydrogens is 101 g/mol. The number of hydrogen-bond donors (Lipinski definition) is 2. The molecule has 0 bridgehead atoms. The highest BCUT2D eigenvalue weighted by molar-refractivity contribution is 6.06. The minimum atomic E-state index is 0.829. The van der Waals surface area contributed by atoms with Crippen molar-refractivity contribution in [2.75, 3.05) is 0 Å². The number of hydrazine groups is 1. The fourth-order valence-corrected chi connectivity index (χ4v) is 0.475. The quantitative estimate of drug-likeness (QED) is 0.386. The highest BCUT2D eigenvalue weighted by atomic mass is 15.5. The summed E-state index contributed by atoms with van der Waals surface area (Å²) in [5.41, 5.74) is 5.60. The number of hydrogen-bond acceptors (Lipinski definition) is 3. The zero-order valence-electron chi connectivity index (χ0n) is 4.86. The van der Waals surface area contributed by atoms with Crippen LogP contribution in [-0.2, 0) is 0 Å². The van der Waals surface area contributed by atoms with Gasteiger partial charge < -0.3 is 4.81 Å². The monoisotopic (exact) mass is 109 g/mol. The third-order valence-electron chi connectivity index (χ3n) is 1.16. The van der Waals surface area contributed by atoms with Crippen LogP contribution >= 0.6 is 0 Å². The molecule has 0 unspecified atom stereocenters. The lowest BCUT2D eigenvalue weighted by atomic mass is 10.3. The molecule has 0 amide bonds. The van der Waals surface area contributed by atoms with Crippen LogP contribution in [0.25, 0.3) is 0 Å². The molecule has 0 atom stereocenters. The van der Waals surface area contributed by atoms with Gasteiger partial charge >= 0.3 is 0 Å². The molecule has 0 aromatic rings. The van der Waals surface area contributed by atoms with Gasteiger partial charge in [0.15, 0.2) is 0 Å². The smallest absolute Gasteiger partial charge is 0.227 e. The average Bonchev–Trinajstić information content (AvgIpc) is 1.98. The molecule has 4 heteroatoms. The SMILES string of the molecule is BN1C(=C)NNC1=C. The minimum Gasteiger partial charge on any atom is -0.366 e. The maximum Gasteiger partial charge on any atom is 0.227 e. The molecule has 42 valence electrons. The van der Waals surface area contributed by atoms with Gasteiger partial charge in [-0.15, -0.1) is 0 Å². The van der Waals surface area contributed by atoms with Gasteiger partial charge in [-0.2, -0.15) is 0 Å². The summed E-state index contributed by atoms with van der Waals surface area (Å²) >= 11 is 0. The lowest BCUT2D eigenvalue weighted by Crippen LogP contribution is -2.18. The molecule has 0 saturated carbocycles. The van der Waals surface area contributed by atoms with E-state index < -0.39 is 0 Å². The molecule has 0 aliphatic carbocycles. The molecule has 1 fully saturated rings. The largest absolute Gasteiger partial charge is 0.366 e. The van der Waals surface area contributed by atoms with Crippen LogP contribution in [0.5, 0.6) is 0 Å². The summed E-state index contributed by atoms with van der Waals surface area (Å²) < 4.78 is 0. The number of rotatable bonds is 0. The van der Waals surface area contributed by atoms with E-state index in [-0.39, 0.29) is 0 Å². The van der Waals surface area contributed by atoms with E-state index in [0.29, 0.717) is 0 Å². The van der Waals surface area contributed by atoms with Crippen molar-refractivity contribution in [1.82, 2.24) is 15.7 Å². The van der Waals surface area contributed by atoms with Crippen LogP contribution in [-0.4, -0.2) is 12.8 Å². The van der Waals surface area contributed by atoms with Crippen LogP contribution in [0.4, 0.5) is 0 Å². The Morgan fingerprint density at radius 1 is 1.25 bits per heavy atom. The van der Waals surface area contributed by atoms with Gasteiger partial charge in [0.05, 0.1) is 0 Å². The fourth-order valence-electron chi connectivity index (χ4n) is 0.475. The summed E-state index contributed by atoms with van der Waals surface area (Å²) in [6, 6.07) is 0. The number of nitrogens with zero attached hydrogens (tertiary/aromatic N) is 1. The molecule has 0 aromatic heterocycles. The zero-order valence-corrected chi connectivity index (χ0v) is 4.86. The van der Waals surface area contributed by atoms with E-state index in [9.17, 15) is 0 Å². The standard InChI is InChI=1S/C4H8BN3/c1-3-6-7-4(2)8(3)5/h6-7H,1-2,5H2. The normalized spacial score (nSPS) is 18.2. The first-order valence-electron chi connectivity index (χ1n) is 2.35. The Hall–Kier alpha value is -1.06. The van der Waals surface area contributed by atoms with E-state index in [1.165, 1.54) is 0 Å². The average molecular weight is 109 g/mol. The molecule has 1 rings (SSSR count). The summed E-state index contributed by atoms with van der Waals surface area (Å²) in [6.07, 6.45) is 0. The predicted molar refractivity (Wildman–Crippen MR) is 34.9 cm³/mol. The Labute approximate surface area is 49.5 Å². The van der Waals surface area contributed by atoms with E-state index in [1.54, 1.807) is 0 Å². The molecule has 1 aliphatic heterocycles. The summed E-state index contributed by atoms with van der Waals surface area (Å²) in [4.78, 5) is 1.83. The summed E-state index contributed by atoms with van der Waals surface area (Å²) in [5.74, 6) is 1.66. The first kappa shape index (κ1) is 5.09. The van der Waals surface area contributed by atoms with Gasteiger partial charge in [0.2, 0.25) is 7.98 Å². The fraction of sp³-hybridized carbons (Fsp3) is 0. The molecule has 8 heavy (non-hydrogen) atoms. The second kappa shape index (κ2) is 1.47. The highest BCUT2D eigenvalue weighted by Crippen LogP contribution is 2.03. The summed E-state index contributed by atoms with van der Waals surface area (Å²) in [5, 5.41) is 0. The Morgan fingerprint density at radius 3 is 1.75 bits per heavy atom. The van der Waals surface area contributed by atoms with E-state index in [4.69, 9.17) is 0 Å². The summed E-state index contributed by atoms with van der Waals surface area (Å²) in [6.45, 7) is 7.35. The lowest BCUT2D eigenvalue weighted by Gasteiger charge is -2.07. The van der Waals surface area contributed by atoms with Crippen molar-refractivity contribution in [1.29, 1.82) is 0 Å². The third kappa shape index (κ3) is 0.539. The molecule has 1 heterocycles. The molecule has 3 nitrogen and oxygen atoms in total. The predicted octanol–water partition coefficient (Wildman–Crippen LogP) is -1.11. The highest BCUT2D eigenvalue weighted by Gasteiger charge is 2.10. The Morgan fingerprint density at radius 2 is 1.62 bits per heavy atom. The topological polar surface area (TPSA) is 27.3 Å². The van der Waals surface area contributed by atoms with E-state index in [1.807, 2.05) is 12.8 Å². The Bertz CT molecular complexity index is 126. The molecule has 0 spiro atoms. The molecule has 2 N–H and O–H groups in total. The maximum atomic E-state index is 3.68.